The lowest BCUT2D eigenvalue weighted by atomic mass is 10.0. The second kappa shape index (κ2) is 4.64. The van der Waals surface area contributed by atoms with E-state index in [0.717, 1.165) is 5.56 Å². The van der Waals surface area contributed by atoms with Crippen LogP contribution in [0.25, 0.3) is 11.1 Å². The number of rotatable bonds is 2. The second-order valence-corrected chi connectivity index (χ2v) is 4.62. The normalized spacial score (nSPS) is 10.9. The molecule has 4 heteroatoms. The van der Waals surface area contributed by atoms with Gasteiger partial charge in [0.15, 0.2) is 0 Å². The summed E-state index contributed by atoms with van der Waals surface area (Å²) in [5.41, 5.74) is 1.56. The van der Waals surface area contributed by atoms with E-state index in [4.69, 9.17) is 0 Å². The molecule has 0 aliphatic heterocycles. The Labute approximate surface area is 105 Å². The number of nitrogens with one attached hydrogen (secondary N) is 1. The minimum atomic E-state index is -0.305. The second-order valence-electron chi connectivity index (χ2n) is 4.62. The van der Waals surface area contributed by atoms with Crippen molar-refractivity contribution >= 4 is 0 Å². The summed E-state index contributed by atoms with van der Waals surface area (Å²) >= 11 is 0. The van der Waals surface area contributed by atoms with Gasteiger partial charge in [0.05, 0.1) is 0 Å². The third-order valence-electron chi connectivity index (χ3n) is 2.88. The smallest absolute Gasteiger partial charge is 0.262 e. The van der Waals surface area contributed by atoms with E-state index in [9.17, 15) is 9.90 Å². The van der Waals surface area contributed by atoms with Crippen LogP contribution in [0.2, 0.25) is 0 Å². The number of H-pyrrole nitrogens is 1. The van der Waals surface area contributed by atoms with E-state index in [-0.39, 0.29) is 22.9 Å². The van der Waals surface area contributed by atoms with Crippen molar-refractivity contribution in [3.05, 3.63) is 46.0 Å². The molecule has 2 N–H and O–H groups in total. The molecule has 0 unspecified atom stereocenters. The van der Waals surface area contributed by atoms with Crippen molar-refractivity contribution in [1.82, 2.24) is 9.97 Å². The number of aromatic amines is 1. The van der Waals surface area contributed by atoms with E-state index >= 15 is 0 Å². The molecule has 94 valence electrons. The van der Waals surface area contributed by atoms with Crippen molar-refractivity contribution in [2.75, 3.05) is 0 Å². The Morgan fingerprint density at radius 3 is 2.50 bits per heavy atom. The lowest BCUT2D eigenvalue weighted by molar-refractivity contribution is 0.448. The molecule has 0 spiro atoms. The van der Waals surface area contributed by atoms with E-state index in [1.54, 1.807) is 6.07 Å². The van der Waals surface area contributed by atoms with Crippen molar-refractivity contribution in [2.24, 2.45) is 0 Å². The molecular weight excluding hydrogens is 228 g/mol. The van der Waals surface area contributed by atoms with Gasteiger partial charge in [-0.2, -0.15) is 4.98 Å². The van der Waals surface area contributed by atoms with E-state index in [1.807, 2.05) is 39.0 Å². The zero-order valence-electron chi connectivity index (χ0n) is 10.7. The first-order chi connectivity index (χ1) is 8.50. The third-order valence-corrected chi connectivity index (χ3v) is 2.88. The van der Waals surface area contributed by atoms with Crippen LogP contribution in [0.4, 0.5) is 0 Å². The largest absolute Gasteiger partial charge is 0.493 e. The van der Waals surface area contributed by atoms with Gasteiger partial charge >= 0.3 is 0 Å². The van der Waals surface area contributed by atoms with Gasteiger partial charge in [0, 0.05) is 5.92 Å². The molecule has 4 nitrogen and oxygen atoms in total. The standard InChI is InChI=1S/C14H16N2O2/c1-8(2)12-15-13(17)11(14(18)16-12)10-7-5-4-6-9(10)3/h4-8H,1-3H3,(H2,15,16,17,18). The first kappa shape index (κ1) is 12.4. The highest BCUT2D eigenvalue weighted by molar-refractivity contribution is 5.70. The maximum Gasteiger partial charge on any atom is 0.262 e. The van der Waals surface area contributed by atoms with Crippen LogP contribution in [-0.2, 0) is 0 Å². The SMILES string of the molecule is Cc1ccccc1-c1c(O)nc(C(C)C)[nH]c1=O. The van der Waals surface area contributed by atoms with Crippen LogP contribution in [-0.4, -0.2) is 15.1 Å². The Kier molecular flexibility index (Phi) is 3.19. The van der Waals surface area contributed by atoms with Gasteiger partial charge < -0.3 is 10.1 Å². The summed E-state index contributed by atoms with van der Waals surface area (Å²) in [6, 6.07) is 7.42. The summed E-state index contributed by atoms with van der Waals surface area (Å²) in [7, 11) is 0. The van der Waals surface area contributed by atoms with Crippen LogP contribution < -0.4 is 5.56 Å². The van der Waals surface area contributed by atoms with Gasteiger partial charge in [0.2, 0.25) is 5.88 Å². The van der Waals surface area contributed by atoms with Crippen molar-refractivity contribution in [3.63, 3.8) is 0 Å². The van der Waals surface area contributed by atoms with Crippen molar-refractivity contribution in [1.29, 1.82) is 0 Å². The summed E-state index contributed by atoms with van der Waals surface area (Å²) in [4.78, 5) is 18.8. The van der Waals surface area contributed by atoms with Crippen LogP contribution in [0.1, 0.15) is 31.2 Å². The average Bonchev–Trinajstić information content (AvgIpc) is 2.30. The summed E-state index contributed by atoms with van der Waals surface area (Å²) < 4.78 is 0. The Morgan fingerprint density at radius 2 is 1.94 bits per heavy atom. The molecule has 18 heavy (non-hydrogen) atoms. The Bertz CT molecular complexity index is 630. The molecule has 0 fully saturated rings. The number of nitrogens with zero attached hydrogens (tertiary/aromatic N) is 1. The molecule has 1 heterocycles. The average molecular weight is 244 g/mol. The highest BCUT2D eigenvalue weighted by atomic mass is 16.3. The van der Waals surface area contributed by atoms with Gasteiger partial charge in [-0.05, 0) is 18.1 Å². The minimum absolute atomic E-state index is 0.0644. The highest BCUT2D eigenvalue weighted by Crippen LogP contribution is 2.26. The molecule has 1 aromatic carbocycles. The first-order valence-corrected chi connectivity index (χ1v) is 5.90. The molecule has 2 aromatic rings. The number of aromatic hydroxyl groups is 1. The third kappa shape index (κ3) is 2.14. The molecular formula is C14H16N2O2. The zero-order valence-corrected chi connectivity index (χ0v) is 10.7. The zero-order chi connectivity index (χ0) is 13.3. The lowest BCUT2D eigenvalue weighted by Crippen LogP contribution is -2.15. The fraction of sp³-hybridized carbons (Fsp3) is 0.286. The van der Waals surface area contributed by atoms with Gasteiger partial charge in [0.1, 0.15) is 11.4 Å². The number of hydrogen-bond acceptors (Lipinski definition) is 3. The Hall–Kier alpha value is -2.10. The maximum absolute atomic E-state index is 12.1. The number of aromatic nitrogens is 2. The predicted molar refractivity (Wildman–Crippen MR) is 70.8 cm³/mol. The molecule has 0 saturated carbocycles. The summed E-state index contributed by atoms with van der Waals surface area (Å²) in [5.74, 6) is 0.348. The fourth-order valence-corrected chi connectivity index (χ4v) is 1.85. The van der Waals surface area contributed by atoms with Crippen LogP contribution in [0.15, 0.2) is 29.1 Å². The highest BCUT2D eigenvalue weighted by Gasteiger charge is 2.15. The quantitative estimate of drug-likeness (QED) is 0.853. The van der Waals surface area contributed by atoms with Crippen molar-refractivity contribution < 1.29 is 5.11 Å². The molecule has 0 radical (unpaired) electrons. The van der Waals surface area contributed by atoms with Crippen LogP contribution in [0, 0.1) is 6.92 Å². The van der Waals surface area contributed by atoms with Crippen LogP contribution in [0.3, 0.4) is 0 Å². The predicted octanol–water partition coefficient (Wildman–Crippen LogP) is 2.57. The molecule has 0 atom stereocenters. The van der Waals surface area contributed by atoms with Gasteiger partial charge in [0.25, 0.3) is 5.56 Å². The monoisotopic (exact) mass is 244 g/mol. The molecule has 0 saturated heterocycles. The molecule has 0 aliphatic rings. The minimum Gasteiger partial charge on any atom is -0.493 e. The van der Waals surface area contributed by atoms with Crippen molar-refractivity contribution in [2.45, 2.75) is 26.7 Å². The van der Waals surface area contributed by atoms with Crippen molar-refractivity contribution in [3.8, 4) is 17.0 Å². The van der Waals surface area contributed by atoms with Gasteiger partial charge in [-0.3, -0.25) is 4.79 Å². The summed E-state index contributed by atoms with van der Waals surface area (Å²) in [6.45, 7) is 5.71. The van der Waals surface area contributed by atoms with E-state index in [2.05, 4.69) is 9.97 Å². The first-order valence-electron chi connectivity index (χ1n) is 5.90. The van der Waals surface area contributed by atoms with E-state index < -0.39 is 0 Å². The number of benzene rings is 1. The van der Waals surface area contributed by atoms with E-state index in [0.29, 0.717) is 11.4 Å². The molecule has 0 aliphatic carbocycles. The lowest BCUT2D eigenvalue weighted by Gasteiger charge is -2.09. The molecule has 1 aromatic heterocycles. The van der Waals surface area contributed by atoms with E-state index in [1.165, 1.54) is 0 Å². The number of aryl methyl sites for hydroxylation is 1. The molecule has 0 amide bonds. The van der Waals surface area contributed by atoms with Gasteiger partial charge in [-0.15, -0.1) is 0 Å². The Balaban J connectivity index is 2.67. The molecule has 0 bridgehead atoms. The van der Waals surface area contributed by atoms with Crippen LogP contribution >= 0.6 is 0 Å². The maximum atomic E-state index is 12.1. The van der Waals surface area contributed by atoms with Gasteiger partial charge in [-0.25, -0.2) is 0 Å². The van der Waals surface area contributed by atoms with Crippen LogP contribution in [0.5, 0.6) is 5.88 Å². The summed E-state index contributed by atoms with van der Waals surface area (Å²) in [6.07, 6.45) is 0. The Morgan fingerprint density at radius 1 is 1.28 bits per heavy atom. The topological polar surface area (TPSA) is 66.0 Å². The number of hydrogen-bond donors (Lipinski definition) is 2. The van der Waals surface area contributed by atoms with Gasteiger partial charge in [-0.1, -0.05) is 38.1 Å². The fourth-order valence-electron chi connectivity index (χ4n) is 1.85. The summed E-state index contributed by atoms with van der Waals surface area (Å²) in [5, 5.41) is 9.97. The molecule has 2 rings (SSSR count).